The van der Waals surface area contributed by atoms with Crippen LogP contribution in [0, 0.1) is 6.92 Å². The molecule has 4 nitrogen and oxygen atoms in total. The molecule has 2 heterocycles. The number of hydrogen-bond acceptors (Lipinski definition) is 4. The van der Waals surface area contributed by atoms with Crippen LogP contribution < -0.4 is 4.90 Å². The summed E-state index contributed by atoms with van der Waals surface area (Å²) in [5.41, 5.74) is 3.67. The number of rotatable bonds is 5. The molecule has 0 bridgehead atoms. The molecule has 0 spiro atoms. The summed E-state index contributed by atoms with van der Waals surface area (Å²) < 4.78 is 5.78. The zero-order valence-corrected chi connectivity index (χ0v) is 17.2. The number of thiazole rings is 1. The molecule has 3 aromatic rings. The van der Waals surface area contributed by atoms with Crippen molar-refractivity contribution in [2.45, 2.75) is 25.9 Å². The number of halogens is 1. The first kappa shape index (κ1) is 19.1. The number of ether oxygens (including phenoxy) is 1. The lowest BCUT2D eigenvalue weighted by Gasteiger charge is -2.23. The fourth-order valence-corrected chi connectivity index (χ4v) is 4.29. The van der Waals surface area contributed by atoms with Crippen molar-refractivity contribution in [1.29, 1.82) is 0 Å². The maximum Gasteiger partial charge on any atom is 0.260 e. The summed E-state index contributed by atoms with van der Waals surface area (Å²) in [6, 6.07) is 15.3. The van der Waals surface area contributed by atoms with E-state index in [0.717, 1.165) is 30.7 Å². The Morgan fingerprint density at radius 2 is 2.11 bits per heavy atom. The quantitative estimate of drug-likeness (QED) is 0.548. The van der Waals surface area contributed by atoms with Gasteiger partial charge in [-0.05, 0) is 38.0 Å². The molecule has 0 N–H and O–H groups in total. The van der Waals surface area contributed by atoms with Gasteiger partial charge in [-0.1, -0.05) is 47.5 Å². The zero-order chi connectivity index (χ0) is 19.5. The standard InChI is InChI=1S/C22H21ClN2O2S/c1-15-7-9-16(10-8-15)20-14-28-22(24-20)25(13-19-6-3-11-27-19)21(26)17-4-2-5-18(23)12-17/h2,4-5,7-10,12,14,19H,3,6,11,13H2,1H3. The molecule has 0 aliphatic carbocycles. The Bertz CT molecular complexity index is 965. The van der Waals surface area contributed by atoms with Gasteiger partial charge in [0.25, 0.3) is 5.91 Å². The first-order valence-corrected chi connectivity index (χ1v) is 10.6. The topological polar surface area (TPSA) is 42.4 Å². The van der Waals surface area contributed by atoms with Crippen molar-refractivity contribution in [1.82, 2.24) is 4.98 Å². The number of carbonyl (C=O) groups is 1. The molecule has 1 saturated heterocycles. The molecule has 6 heteroatoms. The number of nitrogens with zero attached hydrogens (tertiary/aromatic N) is 2. The summed E-state index contributed by atoms with van der Waals surface area (Å²) in [7, 11) is 0. The first-order chi connectivity index (χ1) is 13.6. The number of aryl methyl sites for hydroxylation is 1. The number of benzene rings is 2. The average molecular weight is 413 g/mol. The van der Waals surface area contributed by atoms with Gasteiger partial charge in [0.1, 0.15) is 0 Å². The van der Waals surface area contributed by atoms with Crippen molar-refractivity contribution in [3.63, 3.8) is 0 Å². The molecule has 1 aliphatic rings. The van der Waals surface area contributed by atoms with Crippen molar-refractivity contribution in [3.05, 3.63) is 70.1 Å². The van der Waals surface area contributed by atoms with Gasteiger partial charge in [-0.25, -0.2) is 4.98 Å². The third-order valence-corrected chi connectivity index (χ3v) is 5.90. The molecule has 4 rings (SSSR count). The molecule has 0 radical (unpaired) electrons. The van der Waals surface area contributed by atoms with E-state index >= 15 is 0 Å². The Labute approximate surface area is 173 Å². The van der Waals surface area contributed by atoms with Gasteiger partial charge in [0.15, 0.2) is 5.13 Å². The zero-order valence-electron chi connectivity index (χ0n) is 15.6. The van der Waals surface area contributed by atoms with Gasteiger partial charge in [-0.15, -0.1) is 11.3 Å². The number of amides is 1. The van der Waals surface area contributed by atoms with Gasteiger partial charge < -0.3 is 4.74 Å². The minimum Gasteiger partial charge on any atom is -0.376 e. The third-order valence-electron chi connectivity index (χ3n) is 4.80. The van der Waals surface area contributed by atoms with Crippen molar-refractivity contribution < 1.29 is 9.53 Å². The van der Waals surface area contributed by atoms with Crippen LogP contribution in [-0.2, 0) is 4.74 Å². The van der Waals surface area contributed by atoms with Crippen LogP contribution in [0.15, 0.2) is 53.9 Å². The number of carbonyl (C=O) groups excluding carboxylic acids is 1. The largest absolute Gasteiger partial charge is 0.376 e. The first-order valence-electron chi connectivity index (χ1n) is 9.32. The van der Waals surface area contributed by atoms with E-state index in [4.69, 9.17) is 21.3 Å². The third kappa shape index (κ3) is 4.27. The second-order valence-corrected chi connectivity index (χ2v) is 8.22. The summed E-state index contributed by atoms with van der Waals surface area (Å²) in [5, 5.41) is 3.21. The van der Waals surface area contributed by atoms with E-state index in [0.29, 0.717) is 22.3 Å². The van der Waals surface area contributed by atoms with Gasteiger partial charge in [0.05, 0.1) is 18.3 Å². The smallest absolute Gasteiger partial charge is 0.260 e. The van der Waals surface area contributed by atoms with Crippen molar-refractivity contribution in [2.75, 3.05) is 18.1 Å². The molecular formula is C22H21ClN2O2S. The van der Waals surface area contributed by atoms with E-state index in [-0.39, 0.29) is 12.0 Å². The lowest BCUT2D eigenvalue weighted by Crippen LogP contribution is -2.37. The molecule has 1 amide bonds. The molecule has 1 unspecified atom stereocenters. The van der Waals surface area contributed by atoms with E-state index in [1.807, 2.05) is 5.38 Å². The molecule has 1 atom stereocenters. The Kier molecular flexibility index (Phi) is 5.76. The van der Waals surface area contributed by atoms with Crippen molar-refractivity contribution in [2.24, 2.45) is 0 Å². The highest BCUT2D eigenvalue weighted by molar-refractivity contribution is 7.14. The molecule has 28 heavy (non-hydrogen) atoms. The normalized spacial score (nSPS) is 16.3. The molecule has 0 saturated carbocycles. The SMILES string of the molecule is Cc1ccc(-c2csc(N(CC3CCCO3)C(=O)c3cccc(Cl)c3)n2)cc1. The fourth-order valence-electron chi connectivity index (χ4n) is 3.26. The van der Waals surface area contributed by atoms with Crippen LogP contribution in [-0.4, -0.2) is 30.1 Å². The maximum absolute atomic E-state index is 13.3. The van der Waals surface area contributed by atoms with Crippen LogP contribution in [0.4, 0.5) is 5.13 Å². The van der Waals surface area contributed by atoms with Crippen LogP contribution in [0.3, 0.4) is 0 Å². The summed E-state index contributed by atoms with van der Waals surface area (Å²) in [6.45, 7) is 3.30. The molecule has 2 aromatic carbocycles. The van der Waals surface area contributed by atoms with Gasteiger partial charge >= 0.3 is 0 Å². The highest BCUT2D eigenvalue weighted by Gasteiger charge is 2.27. The minimum atomic E-state index is -0.109. The highest BCUT2D eigenvalue weighted by atomic mass is 35.5. The Balaban J connectivity index is 1.65. The number of anilines is 1. The monoisotopic (exact) mass is 412 g/mol. The van der Waals surface area contributed by atoms with E-state index in [1.54, 1.807) is 29.2 Å². The minimum absolute atomic E-state index is 0.0369. The average Bonchev–Trinajstić information content (AvgIpc) is 3.38. The lowest BCUT2D eigenvalue weighted by molar-refractivity contribution is 0.0917. The summed E-state index contributed by atoms with van der Waals surface area (Å²) in [4.78, 5) is 19.7. The molecular weight excluding hydrogens is 392 g/mol. The molecule has 144 valence electrons. The van der Waals surface area contributed by atoms with Crippen LogP contribution >= 0.6 is 22.9 Å². The van der Waals surface area contributed by atoms with Crippen LogP contribution in [0.5, 0.6) is 0 Å². The fraction of sp³-hybridized carbons (Fsp3) is 0.273. The van der Waals surface area contributed by atoms with Crippen LogP contribution in [0.25, 0.3) is 11.3 Å². The van der Waals surface area contributed by atoms with E-state index in [9.17, 15) is 4.79 Å². The van der Waals surface area contributed by atoms with Gasteiger partial charge in [-0.2, -0.15) is 0 Å². The molecule has 1 aliphatic heterocycles. The second-order valence-electron chi connectivity index (χ2n) is 6.94. The Morgan fingerprint density at radius 3 is 2.82 bits per heavy atom. The molecule has 1 fully saturated rings. The van der Waals surface area contributed by atoms with Crippen molar-refractivity contribution >= 4 is 34.0 Å². The maximum atomic E-state index is 13.3. The van der Waals surface area contributed by atoms with Crippen LogP contribution in [0.2, 0.25) is 5.02 Å². The van der Waals surface area contributed by atoms with Gasteiger partial charge in [-0.3, -0.25) is 9.69 Å². The van der Waals surface area contributed by atoms with Crippen LogP contribution in [0.1, 0.15) is 28.8 Å². The van der Waals surface area contributed by atoms with Crippen molar-refractivity contribution in [3.8, 4) is 11.3 Å². The second kappa shape index (κ2) is 8.43. The molecule has 1 aromatic heterocycles. The number of aromatic nitrogens is 1. The summed E-state index contributed by atoms with van der Waals surface area (Å²) in [6.07, 6.45) is 2.01. The highest BCUT2D eigenvalue weighted by Crippen LogP contribution is 2.30. The number of hydrogen-bond donors (Lipinski definition) is 0. The van der Waals surface area contributed by atoms with Gasteiger partial charge in [0.2, 0.25) is 0 Å². The predicted octanol–water partition coefficient (Wildman–Crippen LogP) is 5.60. The van der Waals surface area contributed by atoms with E-state index in [1.165, 1.54) is 16.9 Å². The lowest BCUT2D eigenvalue weighted by atomic mass is 10.1. The predicted molar refractivity (Wildman–Crippen MR) is 114 cm³/mol. The van der Waals surface area contributed by atoms with E-state index in [2.05, 4.69) is 31.2 Å². The van der Waals surface area contributed by atoms with Gasteiger partial charge in [0, 0.05) is 28.1 Å². The Morgan fingerprint density at radius 1 is 1.29 bits per heavy atom. The summed E-state index contributed by atoms with van der Waals surface area (Å²) >= 11 is 7.57. The van der Waals surface area contributed by atoms with E-state index < -0.39 is 0 Å². The Hall–Kier alpha value is -2.21. The summed E-state index contributed by atoms with van der Waals surface area (Å²) in [5.74, 6) is -0.109.